The highest BCUT2D eigenvalue weighted by atomic mass is 19.4. The van der Waals surface area contributed by atoms with Gasteiger partial charge < -0.3 is 15.4 Å². The van der Waals surface area contributed by atoms with E-state index in [1.54, 1.807) is 24.3 Å². The fourth-order valence-electron chi connectivity index (χ4n) is 3.48. The number of nitrogens with one attached hydrogen (secondary N) is 2. The van der Waals surface area contributed by atoms with E-state index in [4.69, 9.17) is 0 Å². The summed E-state index contributed by atoms with van der Waals surface area (Å²) in [5.74, 6) is -1.38. The number of halogens is 4. The van der Waals surface area contributed by atoms with Crippen LogP contribution >= 0.6 is 0 Å². The van der Waals surface area contributed by atoms with Crippen LogP contribution in [0.3, 0.4) is 0 Å². The number of nitrogens with zero attached hydrogens (tertiary/aromatic N) is 2. The lowest BCUT2D eigenvalue weighted by Crippen LogP contribution is -2.16. The van der Waals surface area contributed by atoms with E-state index in [2.05, 4.69) is 25.3 Å². The van der Waals surface area contributed by atoms with Gasteiger partial charge in [-0.25, -0.2) is 14.4 Å². The second-order valence-electron chi connectivity index (χ2n) is 7.89. The van der Waals surface area contributed by atoms with Crippen molar-refractivity contribution in [2.24, 2.45) is 0 Å². The Labute approximate surface area is 204 Å². The number of aromatic nitrogens is 2. The van der Waals surface area contributed by atoms with Crippen LogP contribution in [0.15, 0.2) is 72.9 Å². The van der Waals surface area contributed by atoms with Gasteiger partial charge in [0.2, 0.25) is 5.95 Å². The number of aryl methyl sites for hydroxylation is 2. The number of anilines is 3. The highest BCUT2D eigenvalue weighted by Gasteiger charge is 2.31. The maximum atomic E-state index is 14.3. The summed E-state index contributed by atoms with van der Waals surface area (Å²) in [6.45, 7) is 3.83. The van der Waals surface area contributed by atoms with Gasteiger partial charge in [0.05, 0.1) is 6.20 Å². The van der Waals surface area contributed by atoms with Crippen LogP contribution in [0.5, 0.6) is 5.75 Å². The number of para-hydroxylation sites is 1. The van der Waals surface area contributed by atoms with Gasteiger partial charge in [-0.1, -0.05) is 18.2 Å². The van der Waals surface area contributed by atoms with Crippen molar-refractivity contribution in [3.8, 4) is 17.0 Å². The van der Waals surface area contributed by atoms with Crippen LogP contribution in [0.4, 0.5) is 34.9 Å². The first-order valence-electron chi connectivity index (χ1n) is 10.7. The molecule has 0 unspecified atom stereocenters. The molecule has 0 aliphatic rings. The van der Waals surface area contributed by atoms with Gasteiger partial charge in [0, 0.05) is 22.5 Å². The third-order valence-corrected chi connectivity index (χ3v) is 5.23. The Morgan fingerprint density at radius 1 is 0.917 bits per heavy atom. The minimum absolute atomic E-state index is 0.0646. The lowest BCUT2D eigenvalue weighted by atomic mass is 10.1. The zero-order chi connectivity index (χ0) is 25.9. The molecule has 0 fully saturated rings. The van der Waals surface area contributed by atoms with E-state index >= 15 is 0 Å². The van der Waals surface area contributed by atoms with Crippen LogP contribution in [0.1, 0.15) is 21.5 Å². The molecule has 0 bridgehead atoms. The van der Waals surface area contributed by atoms with E-state index in [0.717, 1.165) is 35.1 Å². The summed E-state index contributed by atoms with van der Waals surface area (Å²) in [4.78, 5) is 20.7. The molecule has 1 amide bonds. The van der Waals surface area contributed by atoms with E-state index in [-0.39, 0.29) is 23.1 Å². The fourth-order valence-corrected chi connectivity index (χ4v) is 3.48. The van der Waals surface area contributed by atoms with Gasteiger partial charge in [-0.3, -0.25) is 4.79 Å². The summed E-state index contributed by atoms with van der Waals surface area (Å²) in [5.41, 5.74) is 3.79. The Bertz CT molecular complexity index is 1370. The number of rotatable bonds is 6. The van der Waals surface area contributed by atoms with E-state index in [0.29, 0.717) is 11.3 Å². The van der Waals surface area contributed by atoms with Crippen molar-refractivity contribution in [2.75, 3.05) is 10.6 Å². The number of hydrogen-bond acceptors (Lipinski definition) is 5. The van der Waals surface area contributed by atoms with Crippen molar-refractivity contribution in [3.05, 3.63) is 95.4 Å². The first-order chi connectivity index (χ1) is 17.1. The number of ether oxygens (including phenoxy) is 1. The van der Waals surface area contributed by atoms with Gasteiger partial charge in [-0.05, 0) is 73.5 Å². The third kappa shape index (κ3) is 5.96. The fraction of sp³-hybridized carbons (Fsp3) is 0.115. The summed E-state index contributed by atoms with van der Waals surface area (Å²) in [6, 6.07) is 16.9. The molecule has 1 aromatic heterocycles. The zero-order valence-corrected chi connectivity index (χ0v) is 19.2. The maximum absolute atomic E-state index is 14.3. The van der Waals surface area contributed by atoms with Crippen molar-refractivity contribution in [2.45, 2.75) is 20.2 Å². The molecule has 6 nitrogen and oxygen atoms in total. The molecular formula is C26H20F4N4O2. The lowest BCUT2D eigenvalue weighted by Gasteiger charge is -2.12. The number of hydrogen-bond donors (Lipinski definition) is 2. The number of amides is 1. The van der Waals surface area contributed by atoms with E-state index in [9.17, 15) is 22.4 Å². The average Bonchev–Trinajstić information content (AvgIpc) is 2.83. The Morgan fingerprint density at radius 3 is 2.17 bits per heavy atom. The molecule has 0 aliphatic heterocycles. The topological polar surface area (TPSA) is 76.1 Å². The molecule has 2 N–H and O–H groups in total. The number of alkyl halides is 3. The molecule has 4 aromatic rings. The summed E-state index contributed by atoms with van der Waals surface area (Å²) in [6.07, 6.45) is -3.87. The second kappa shape index (κ2) is 10.0. The number of carbonyl (C=O) groups excluding carboxylic acids is 1. The van der Waals surface area contributed by atoms with E-state index in [1.807, 2.05) is 32.0 Å². The average molecular weight is 496 g/mol. The Hall–Kier alpha value is -4.47. The van der Waals surface area contributed by atoms with Crippen molar-refractivity contribution in [1.29, 1.82) is 0 Å². The predicted molar refractivity (Wildman–Crippen MR) is 128 cm³/mol. The van der Waals surface area contributed by atoms with Crippen LogP contribution in [-0.4, -0.2) is 22.2 Å². The second-order valence-corrected chi connectivity index (χ2v) is 7.89. The largest absolute Gasteiger partial charge is 0.573 e. The van der Waals surface area contributed by atoms with Crippen molar-refractivity contribution in [3.63, 3.8) is 0 Å². The van der Waals surface area contributed by atoms with Crippen molar-refractivity contribution >= 4 is 23.2 Å². The molecule has 184 valence electrons. The third-order valence-electron chi connectivity index (χ3n) is 5.23. The van der Waals surface area contributed by atoms with Crippen LogP contribution in [0.25, 0.3) is 11.3 Å². The van der Waals surface area contributed by atoms with Crippen LogP contribution in [0.2, 0.25) is 0 Å². The zero-order valence-electron chi connectivity index (χ0n) is 19.2. The quantitative estimate of drug-likeness (QED) is 0.287. The van der Waals surface area contributed by atoms with E-state index in [1.165, 1.54) is 12.1 Å². The first kappa shape index (κ1) is 24.6. The van der Waals surface area contributed by atoms with Gasteiger partial charge in [0.15, 0.2) is 5.82 Å². The summed E-state index contributed by atoms with van der Waals surface area (Å²) in [7, 11) is 0. The molecule has 0 radical (unpaired) electrons. The van der Waals surface area contributed by atoms with Gasteiger partial charge in [-0.2, -0.15) is 0 Å². The van der Waals surface area contributed by atoms with Gasteiger partial charge in [0.25, 0.3) is 5.91 Å². The molecule has 0 atom stereocenters. The molecule has 3 aromatic carbocycles. The smallest absolute Gasteiger partial charge is 0.406 e. The SMILES string of the molecule is Cc1cccc(C)c1NC(=O)c1ccc(Nc2ncc(F)c(-c3ccc(OC(F)(F)F)cc3)n2)cc1. The van der Waals surface area contributed by atoms with Gasteiger partial charge in [0.1, 0.15) is 11.4 Å². The monoisotopic (exact) mass is 496 g/mol. The minimum Gasteiger partial charge on any atom is -0.406 e. The molecule has 0 saturated carbocycles. The Morgan fingerprint density at radius 2 is 1.56 bits per heavy atom. The first-order valence-corrected chi connectivity index (χ1v) is 10.7. The molecule has 0 aliphatic carbocycles. The molecule has 0 saturated heterocycles. The molecule has 4 rings (SSSR count). The minimum atomic E-state index is -4.82. The number of carbonyl (C=O) groups is 1. The predicted octanol–water partition coefficient (Wildman–Crippen LogP) is 6.79. The molecule has 10 heteroatoms. The maximum Gasteiger partial charge on any atom is 0.573 e. The molecule has 36 heavy (non-hydrogen) atoms. The van der Waals surface area contributed by atoms with E-state index < -0.39 is 17.9 Å². The Kier molecular flexibility index (Phi) is 6.86. The summed E-state index contributed by atoms with van der Waals surface area (Å²) >= 11 is 0. The summed E-state index contributed by atoms with van der Waals surface area (Å²) in [5, 5.41) is 5.84. The Balaban J connectivity index is 1.47. The van der Waals surface area contributed by atoms with Gasteiger partial charge >= 0.3 is 6.36 Å². The van der Waals surface area contributed by atoms with Crippen molar-refractivity contribution in [1.82, 2.24) is 9.97 Å². The normalized spacial score (nSPS) is 11.2. The highest BCUT2D eigenvalue weighted by Crippen LogP contribution is 2.28. The van der Waals surface area contributed by atoms with Crippen LogP contribution in [0, 0.1) is 19.7 Å². The lowest BCUT2D eigenvalue weighted by molar-refractivity contribution is -0.274. The molecular weight excluding hydrogens is 476 g/mol. The van der Waals surface area contributed by atoms with Gasteiger partial charge in [-0.15, -0.1) is 13.2 Å². The number of benzene rings is 3. The van der Waals surface area contributed by atoms with Crippen LogP contribution < -0.4 is 15.4 Å². The standard InChI is InChI=1S/C26H20F4N4O2/c1-15-4-3-5-16(2)22(15)33-24(35)18-6-10-19(11-7-18)32-25-31-14-21(27)23(34-25)17-8-12-20(13-9-17)36-26(28,29)30/h3-14H,1-2H3,(H,33,35)(H,31,32,34). The van der Waals surface area contributed by atoms with Crippen LogP contribution in [-0.2, 0) is 0 Å². The summed E-state index contributed by atoms with van der Waals surface area (Å²) < 4.78 is 55.2. The van der Waals surface area contributed by atoms with Crippen molar-refractivity contribution < 1.29 is 27.1 Å². The molecule has 0 spiro atoms. The molecule has 1 heterocycles. The highest BCUT2D eigenvalue weighted by molar-refractivity contribution is 6.05.